The van der Waals surface area contributed by atoms with Crippen molar-refractivity contribution < 1.29 is 32.0 Å². The van der Waals surface area contributed by atoms with Gasteiger partial charge in [0.1, 0.15) is 6.61 Å². The Morgan fingerprint density at radius 3 is 2.78 bits per heavy atom. The first-order chi connectivity index (χ1) is 8.32. The number of nitrogens with two attached hydrogens (primary N) is 1. The van der Waals surface area contributed by atoms with Gasteiger partial charge in [-0.05, 0) is 0 Å². The third-order valence-corrected chi connectivity index (χ3v) is 1.65. The number of aromatic nitrogens is 2. The lowest BCUT2D eigenvalue weighted by molar-refractivity contribution is -0.204. The zero-order chi connectivity index (χ0) is 13.8. The van der Waals surface area contributed by atoms with Crippen molar-refractivity contribution >= 4 is 5.97 Å². The Bertz CT molecular complexity index is 407. The summed E-state index contributed by atoms with van der Waals surface area (Å²) in [6, 6.07) is 0. The highest BCUT2D eigenvalue weighted by Crippen LogP contribution is 2.17. The highest BCUT2D eigenvalue weighted by Gasteiger charge is 2.42. The standard InChI is InChI=1S/C8H10F3N3O4/c1-16-3-6-13-5(14-18-6)2-4(12)17-7(15)8(9,10)11/h4H,2-3,12H2,1H3. The molecule has 1 aromatic rings. The van der Waals surface area contributed by atoms with E-state index in [1.165, 1.54) is 7.11 Å². The summed E-state index contributed by atoms with van der Waals surface area (Å²) in [5, 5.41) is 3.43. The molecule has 18 heavy (non-hydrogen) atoms. The molecule has 1 unspecified atom stereocenters. The number of nitrogens with zero attached hydrogens (tertiary/aromatic N) is 2. The Morgan fingerprint density at radius 1 is 1.56 bits per heavy atom. The molecule has 0 aliphatic heterocycles. The number of rotatable bonds is 5. The molecular formula is C8H10F3N3O4. The molecule has 1 atom stereocenters. The summed E-state index contributed by atoms with van der Waals surface area (Å²) >= 11 is 0. The van der Waals surface area contributed by atoms with Crippen molar-refractivity contribution in [2.24, 2.45) is 5.73 Å². The summed E-state index contributed by atoms with van der Waals surface area (Å²) in [6.07, 6.45) is -6.89. The van der Waals surface area contributed by atoms with Gasteiger partial charge in [0.15, 0.2) is 12.1 Å². The van der Waals surface area contributed by atoms with E-state index < -0.39 is 18.4 Å². The molecule has 0 aromatic carbocycles. The number of alkyl halides is 3. The van der Waals surface area contributed by atoms with Crippen molar-refractivity contribution in [3.8, 4) is 0 Å². The molecule has 0 radical (unpaired) electrons. The maximum absolute atomic E-state index is 11.9. The predicted molar refractivity (Wildman–Crippen MR) is 48.8 cm³/mol. The van der Waals surface area contributed by atoms with E-state index in [9.17, 15) is 18.0 Å². The Kier molecular flexibility index (Phi) is 4.62. The maximum Gasteiger partial charge on any atom is 0.490 e. The zero-order valence-corrected chi connectivity index (χ0v) is 9.23. The van der Waals surface area contributed by atoms with Gasteiger partial charge in [-0.15, -0.1) is 0 Å². The first-order valence-electron chi connectivity index (χ1n) is 4.66. The van der Waals surface area contributed by atoms with E-state index in [4.69, 9.17) is 10.5 Å². The van der Waals surface area contributed by atoms with E-state index in [1.54, 1.807) is 0 Å². The second-order valence-corrected chi connectivity index (χ2v) is 3.18. The lowest BCUT2D eigenvalue weighted by Crippen LogP contribution is -2.36. The third-order valence-electron chi connectivity index (χ3n) is 1.65. The van der Waals surface area contributed by atoms with Gasteiger partial charge in [0.25, 0.3) is 5.89 Å². The van der Waals surface area contributed by atoms with Crippen LogP contribution in [0, 0.1) is 0 Å². The van der Waals surface area contributed by atoms with E-state index in [-0.39, 0.29) is 24.7 Å². The van der Waals surface area contributed by atoms with Gasteiger partial charge in [0, 0.05) is 7.11 Å². The molecule has 0 bridgehead atoms. The van der Waals surface area contributed by atoms with Gasteiger partial charge >= 0.3 is 12.1 Å². The molecule has 0 spiro atoms. The van der Waals surface area contributed by atoms with Crippen LogP contribution >= 0.6 is 0 Å². The van der Waals surface area contributed by atoms with Crippen molar-refractivity contribution in [2.75, 3.05) is 7.11 Å². The summed E-state index contributed by atoms with van der Waals surface area (Å²) in [5.74, 6) is -2.21. The Balaban J connectivity index is 2.48. The van der Waals surface area contributed by atoms with Gasteiger partial charge in [-0.2, -0.15) is 18.2 Å². The minimum absolute atomic E-state index is 0.0181. The number of halogens is 3. The fraction of sp³-hybridized carbons (Fsp3) is 0.625. The molecule has 0 aliphatic carbocycles. The van der Waals surface area contributed by atoms with Gasteiger partial charge < -0.3 is 14.0 Å². The normalized spacial score (nSPS) is 13.4. The van der Waals surface area contributed by atoms with Crippen molar-refractivity contribution in [2.45, 2.75) is 25.4 Å². The maximum atomic E-state index is 11.9. The summed E-state index contributed by atoms with van der Waals surface area (Å²) in [7, 11) is 1.40. The molecule has 0 saturated heterocycles. The second kappa shape index (κ2) is 5.78. The smallest absolute Gasteiger partial charge is 0.440 e. The van der Waals surface area contributed by atoms with E-state index in [2.05, 4.69) is 19.4 Å². The molecule has 1 rings (SSSR count). The fourth-order valence-electron chi connectivity index (χ4n) is 0.981. The average molecular weight is 269 g/mol. The average Bonchev–Trinajstić information content (AvgIpc) is 2.64. The van der Waals surface area contributed by atoms with Crippen LogP contribution in [-0.4, -0.2) is 35.6 Å². The zero-order valence-electron chi connectivity index (χ0n) is 9.23. The van der Waals surface area contributed by atoms with Crippen LogP contribution in [0.2, 0.25) is 0 Å². The number of esters is 1. The monoisotopic (exact) mass is 269 g/mol. The minimum atomic E-state index is -5.09. The van der Waals surface area contributed by atoms with Crippen LogP contribution in [0.1, 0.15) is 11.7 Å². The molecule has 0 amide bonds. The lowest BCUT2D eigenvalue weighted by Gasteiger charge is -2.12. The topological polar surface area (TPSA) is 100 Å². The van der Waals surface area contributed by atoms with E-state index in [1.807, 2.05) is 0 Å². The quantitative estimate of drug-likeness (QED) is 0.599. The summed E-state index contributed by atoms with van der Waals surface area (Å²) in [6.45, 7) is 0.0601. The number of ether oxygens (including phenoxy) is 2. The Morgan fingerprint density at radius 2 is 2.22 bits per heavy atom. The number of hydrogen-bond donors (Lipinski definition) is 1. The SMILES string of the molecule is COCc1nc(CC(N)OC(=O)C(F)(F)F)no1. The molecule has 0 fully saturated rings. The third kappa shape index (κ3) is 4.30. The molecular weight excluding hydrogens is 259 g/mol. The Hall–Kier alpha value is -1.68. The summed E-state index contributed by atoms with van der Waals surface area (Å²) < 4.78 is 48.9. The van der Waals surface area contributed by atoms with Gasteiger partial charge in [-0.25, -0.2) is 4.79 Å². The second-order valence-electron chi connectivity index (χ2n) is 3.18. The first kappa shape index (κ1) is 14.4. The molecule has 0 aliphatic rings. The minimum Gasteiger partial charge on any atom is -0.440 e. The summed E-state index contributed by atoms with van der Waals surface area (Å²) in [5.41, 5.74) is 5.19. The number of carbonyl (C=O) groups is 1. The van der Waals surface area contributed by atoms with Gasteiger partial charge in [0.2, 0.25) is 0 Å². The molecule has 10 heteroatoms. The number of carbonyl (C=O) groups excluding carboxylic acids is 1. The van der Waals surface area contributed by atoms with E-state index >= 15 is 0 Å². The molecule has 0 saturated carbocycles. The molecule has 2 N–H and O–H groups in total. The van der Waals surface area contributed by atoms with E-state index in [0.717, 1.165) is 0 Å². The van der Waals surface area contributed by atoms with Gasteiger partial charge in [-0.3, -0.25) is 5.73 Å². The van der Waals surface area contributed by atoms with Crippen LogP contribution in [-0.2, 0) is 27.3 Å². The van der Waals surface area contributed by atoms with Crippen molar-refractivity contribution in [1.82, 2.24) is 10.1 Å². The van der Waals surface area contributed by atoms with Crippen LogP contribution in [0.3, 0.4) is 0 Å². The van der Waals surface area contributed by atoms with Crippen LogP contribution in [0.25, 0.3) is 0 Å². The lowest BCUT2D eigenvalue weighted by atomic mass is 10.4. The summed E-state index contributed by atoms with van der Waals surface area (Å²) in [4.78, 5) is 14.2. The van der Waals surface area contributed by atoms with Crippen LogP contribution < -0.4 is 5.73 Å². The van der Waals surface area contributed by atoms with Crippen LogP contribution in [0.4, 0.5) is 13.2 Å². The Labute approximate surface area is 99.0 Å². The molecule has 1 heterocycles. The van der Waals surface area contributed by atoms with Gasteiger partial charge in [0.05, 0.1) is 6.42 Å². The van der Waals surface area contributed by atoms with Gasteiger partial charge in [-0.1, -0.05) is 5.16 Å². The number of hydrogen-bond acceptors (Lipinski definition) is 7. The van der Waals surface area contributed by atoms with Crippen molar-refractivity contribution in [3.05, 3.63) is 11.7 Å². The van der Waals surface area contributed by atoms with Crippen molar-refractivity contribution in [3.63, 3.8) is 0 Å². The molecule has 7 nitrogen and oxygen atoms in total. The molecule has 1 aromatic heterocycles. The number of methoxy groups -OCH3 is 1. The van der Waals surface area contributed by atoms with Crippen LogP contribution in [0.15, 0.2) is 4.52 Å². The predicted octanol–water partition coefficient (Wildman–Crippen LogP) is 0.149. The van der Waals surface area contributed by atoms with Crippen molar-refractivity contribution in [1.29, 1.82) is 0 Å². The largest absolute Gasteiger partial charge is 0.490 e. The highest BCUT2D eigenvalue weighted by atomic mass is 19.4. The molecule has 102 valence electrons. The first-order valence-corrected chi connectivity index (χ1v) is 4.66. The van der Waals surface area contributed by atoms with E-state index in [0.29, 0.717) is 0 Å². The highest BCUT2D eigenvalue weighted by molar-refractivity contribution is 5.75. The fourth-order valence-corrected chi connectivity index (χ4v) is 0.981. The van der Waals surface area contributed by atoms with Crippen LogP contribution in [0.5, 0.6) is 0 Å².